The second kappa shape index (κ2) is 7.90. The molecule has 0 fully saturated rings. The number of ether oxygens (including phenoxy) is 2. The Balaban J connectivity index is 2.04. The molecule has 0 amide bonds. The number of imidazole rings is 1. The smallest absolute Gasteiger partial charge is 0.243 e. The van der Waals surface area contributed by atoms with E-state index in [9.17, 15) is 0 Å². The van der Waals surface area contributed by atoms with Gasteiger partial charge < -0.3 is 9.47 Å². The molecule has 4 nitrogen and oxygen atoms in total. The average Bonchev–Trinajstić information content (AvgIpc) is 2.71. The van der Waals surface area contributed by atoms with Crippen molar-refractivity contribution in [2.24, 2.45) is 7.05 Å². The summed E-state index contributed by atoms with van der Waals surface area (Å²) >= 11 is 0. The Hall–Kier alpha value is -1.29. The summed E-state index contributed by atoms with van der Waals surface area (Å²) in [5.41, 5.74) is 0. The molecule has 0 aliphatic rings. The summed E-state index contributed by atoms with van der Waals surface area (Å²) in [4.78, 5) is 0. The Morgan fingerprint density at radius 2 is 2.24 bits per heavy atom. The molecule has 0 radical (unpaired) electrons. The number of hydrogen-bond acceptors (Lipinski definition) is 2. The molecule has 0 aliphatic carbocycles. The third-order valence-corrected chi connectivity index (χ3v) is 2.38. The predicted molar refractivity (Wildman–Crippen MR) is 66.4 cm³/mol. The van der Waals surface area contributed by atoms with Crippen LogP contribution in [0, 0.1) is 0 Å². The van der Waals surface area contributed by atoms with Crippen LogP contribution in [-0.2, 0) is 23.1 Å². The molecule has 1 heterocycles. The minimum absolute atomic E-state index is 0.499. The molecule has 0 unspecified atom stereocenters. The highest BCUT2D eigenvalue weighted by molar-refractivity contribution is 4.81. The van der Waals surface area contributed by atoms with Crippen LogP contribution in [0.2, 0.25) is 0 Å². The van der Waals surface area contributed by atoms with Crippen molar-refractivity contribution >= 4 is 0 Å². The van der Waals surface area contributed by atoms with Gasteiger partial charge in [0.25, 0.3) is 0 Å². The molecule has 0 spiro atoms. The van der Waals surface area contributed by atoms with Crippen LogP contribution in [0.1, 0.15) is 19.8 Å². The van der Waals surface area contributed by atoms with Gasteiger partial charge in [-0.25, -0.2) is 9.13 Å². The van der Waals surface area contributed by atoms with E-state index >= 15 is 0 Å². The molecule has 0 aliphatic heterocycles. The first-order valence-corrected chi connectivity index (χ1v) is 6.11. The van der Waals surface area contributed by atoms with Crippen molar-refractivity contribution in [3.05, 3.63) is 31.1 Å². The standard InChI is InChI=1S/C13H23N2O2/c1-4-5-9-16-11-13(2)17-10-8-15-7-6-14(3)12-15/h6-7,12H,2,4-5,8-11H2,1,3H3/q+1. The van der Waals surface area contributed by atoms with Gasteiger partial charge in [0.05, 0.1) is 7.05 Å². The maximum atomic E-state index is 5.49. The van der Waals surface area contributed by atoms with Gasteiger partial charge in [0.1, 0.15) is 37.9 Å². The highest BCUT2D eigenvalue weighted by atomic mass is 16.5. The normalized spacial score (nSPS) is 10.5. The molecule has 0 atom stereocenters. The highest BCUT2D eigenvalue weighted by Crippen LogP contribution is 1.97. The summed E-state index contributed by atoms with van der Waals surface area (Å²) in [6, 6.07) is 0. The predicted octanol–water partition coefficient (Wildman–Crippen LogP) is 1.66. The van der Waals surface area contributed by atoms with Gasteiger partial charge in [-0.1, -0.05) is 19.9 Å². The molecular weight excluding hydrogens is 216 g/mol. The van der Waals surface area contributed by atoms with Crippen LogP contribution in [0.4, 0.5) is 0 Å². The average molecular weight is 239 g/mol. The van der Waals surface area contributed by atoms with Crippen molar-refractivity contribution in [3.8, 4) is 0 Å². The second-order valence-corrected chi connectivity index (χ2v) is 4.11. The van der Waals surface area contributed by atoms with Crippen molar-refractivity contribution in [1.29, 1.82) is 0 Å². The van der Waals surface area contributed by atoms with Gasteiger partial charge >= 0.3 is 0 Å². The summed E-state index contributed by atoms with van der Waals surface area (Å²) < 4.78 is 15.0. The minimum atomic E-state index is 0.499. The zero-order valence-corrected chi connectivity index (χ0v) is 10.9. The summed E-state index contributed by atoms with van der Waals surface area (Å²) in [5.74, 6) is 0.706. The van der Waals surface area contributed by atoms with E-state index < -0.39 is 0 Å². The van der Waals surface area contributed by atoms with Crippen molar-refractivity contribution in [2.75, 3.05) is 19.8 Å². The molecule has 1 aromatic rings. The Kier molecular flexibility index (Phi) is 6.40. The third kappa shape index (κ3) is 6.12. The second-order valence-electron chi connectivity index (χ2n) is 4.11. The van der Waals surface area contributed by atoms with Crippen molar-refractivity contribution < 1.29 is 14.0 Å². The maximum Gasteiger partial charge on any atom is 0.243 e. The van der Waals surface area contributed by atoms with Crippen LogP contribution in [0.5, 0.6) is 0 Å². The first-order chi connectivity index (χ1) is 8.22. The Morgan fingerprint density at radius 1 is 1.41 bits per heavy atom. The number of unbranched alkanes of at least 4 members (excludes halogenated alkanes) is 1. The van der Waals surface area contributed by atoms with Crippen LogP contribution < -0.4 is 4.57 Å². The summed E-state index contributed by atoms with van der Waals surface area (Å²) in [5, 5.41) is 0. The van der Waals surface area contributed by atoms with Gasteiger partial charge in [-0.2, -0.15) is 0 Å². The Bertz CT molecular complexity index is 334. The lowest BCUT2D eigenvalue weighted by molar-refractivity contribution is -0.671. The molecule has 17 heavy (non-hydrogen) atoms. The van der Waals surface area contributed by atoms with Crippen molar-refractivity contribution in [3.63, 3.8) is 0 Å². The number of hydrogen-bond donors (Lipinski definition) is 0. The lowest BCUT2D eigenvalue weighted by Gasteiger charge is -2.08. The Labute approximate surface area is 103 Å². The maximum absolute atomic E-state index is 5.49. The molecule has 0 bridgehead atoms. The van der Waals surface area contributed by atoms with E-state index in [0.717, 1.165) is 26.0 Å². The topological polar surface area (TPSA) is 27.3 Å². The van der Waals surface area contributed by atoms with Crippen LogP contribution in [0.3, 0.4) is 0 Å². The summed E-state index contributed by atoms with van der Waals surface area (Å²) in [7, 11) is 2.00. The number of rotatable bonds is 9. The molecule has 96 valence electrons. The molecule has 1 rings (SSSR count). The summed E-state index contributed by atoms with van der Waals surface area (Å²) in [6.07, 6.45) is 8.28. The van der Waals surface area contributed by atoms with Gasteiger partial charge in [-0.05, 0) is 6.42 Å². The zero-order chi connectivity index (χ0) is 12.5. The van der Waals surface area contributed by atoms with Gasteiger partial charge in [0.2, 0.25) is 6.33 Å². The molecule has 0 saturated heterocycles. The van der Waals surface area contributed by atoms with Crippen LogP contribution in [0.15, 0.2) is 31.1 Å². The quantitative estimate of drug-likeness (QED) is 0.372. The fourth-order valence-corrected chi connectivity index (χ4v) is 1.40. The number of aryl methyl sites for hydroxylation is 1. The molecule has 0 saturated carbocycles. The minimum Gasteiger partial charge on any atom is -0.492 e. The lowest BCUT2D eigenvalue weighted by Crippen LogP contribution is -2.24. The molecule has 1 aromatic heterocycles. The first kappa shape index (κ1) is 13.8. The zero-order valence-electron chi connectivity index (χ0n) is 10.9. The third-order valence-electron chi connectivity index (χ3n) is 2.38. The van der Waals surface area contributed by atoms with Crippen LogP contribution in [0.25, 0.3) is 0 Å². The monoisotopic (exact) mass is 239 g/mol. The van der Waals surface area contributed by atoms with E-state index in [4.69, 9.17) is 9.47 Å². The van der Waals surface area contributed by atoms with Gasteiger partial charge in [0, 0.05) is 6.61 Å². The Morgan fingerprint density at radius 3 is 2.88 bits per heavy atom. The molecular formula is C13H23N2O2+. The van der Waals surface area contributed by atoms with Gasteiger partial charge in [-0.15, -0.1) is 0 Å². The highest BCUT2D eigenvalue weighted by Gasteiger charge is 2.01. The lowest BCUT2D eigenvalue weighted by atomic mass is 10.4. The van der Waals surface area contributed by atoms with E-state index in [2.05, 4.69) is 18.1 Å². The summed E-state index contributed by atoms with van der Waals surface area (Å²) in [6.45, 7) is 8.71. The van der Waals surface area contributed by atoms with Gasteiger partial charge in [-0.3, -0.25) is 0 Å². The van der Waals surface area contributed by atoms with Crippen molar-refractivity contribution in [1.82, 2.24) is 4.57 Å². The van der Waals surface area contributed by atoms with Crippen molar-refractivity contribution in [2.45, 2.75) is 26.3 Å². The van der Waals surface area contributed by atoms with E-state index in [-0.39, 0.29) is 0 Å². The molecule has 4 heteroatoms. The number of nitrogens with zero attached hydrogens (tertiary/aromatic N) is 2. The molecule has 0 N–H and O–H groups in total. The van der Waals surface area contributed by atoms with Crippen LogP contribution in [-0.4, -0.2) is 24.4 Å². The van der Waals surface area contributed by atoms with E-state index in [1.807, 2.05) is 30.3 Å². The molecule has 0 aromatic carbocycles. The fourth-order valence-electron chi connectivity index (χ4n) is 1.40. The SMILES string of the molecule is C=C(COCCCC)OCCn1cc[n+](C)c1. The van der Waals surface area contributed by atoms with E-state index in [1.54, 1.807) is 0 Å². The van der Waals surface area contributed by atoms with E-state index in [0.29, 0.717) is 19.0 Å². The van der Waals surface area contributed by atoms with Gasteiger partial charge in [0.15, 0.2) is 0 Å². The van der Waals surface area contributed by atoms with Crippen LogP contribution >= 0.6 is 0 Å². The number of aromatic nitrogens is 2. The fraction of sp³-hybridized carbons (Fsp3) is 0.615. The largest absolute Gasteiger partial charge is 0.492 e. The van der Waals surface area contributed by atoms with E-state index in [1.165, 1.54) is 0 Å². The first-order valence-electron chi connectivity index (χ1n) is 6.11.